The Balaban J connectivity index is 2.14. The van der Waals surface area contributed by atoms with Crippen LogP contribution in [0.3, 0.4) is 0 Å². The highest BCUT2D eigenvalue weighted by molar-refractivity contribution is 7.07. The van der Waals surface area contributed by atoms with Crippen LogP contribution in [0.1, 0.15) is 38.2 Å². The quantitative estimate of drug-likeness (QED) is 0.765. The van der Waals surface area contributed by atoms with Gasteiger partial charge in [0.05, 0.1) is 0 Å². The fourth-order valence-electron chi connectivity index (χ4n) is 2.35. The van der Waals surface area contributed by atoms with Crippen LogP contribution in [0.25, 0.3) is 0 Å². The lowest BCUT2D eigenvalue weighted by Gasteiger charge is -2.16. The van der Waals surface area contributed by atoms with E-state index in [1.165, 1.54) is 18.4 Å². The number of thiophene rings is 1. The van der Waals surface area contributed by atoms with Crippen LogP contribution in [-0.2, 0) is 0 Å². The first-order chi connectivity index (χ1) is 6.31. The molecule has 0 radical (unpaired) electrons. The van der Waals surface area contributed by atoms with Gasteiger partial charge in [-0.1, -0.05) is 6.92 Å². The summed E-state index contributed by atoms with van der Waals surface area (Å²) in [5.41, 5.74) is 1.54. The van der Waals surface area contributed by atoms with E-state index in [0.29, 0.717) is 12.1 Å². The van der Waals surface area contributed by atoms with Crippen molar-refractivity contribution in [3.05, 3.63) is 22.4 Å². The maximum absolute atomic E-state index is 3.65. The molecule has 3 unspecified atom stereocenters. The molecule has 72 valence electrons. The van der Waals surface area contributed by atoms with Crippen LogP contribution < -0.4 is 5.32 Å². The minimum atomic E-state index is 0.690. The third kappa shape index (κ3) is 1.79. The van der Waals surface area contributed by atoms with Gasteiger partial charge in [-0.15, -0.1) is 0 Å². The number of hydrogen-bond acceptors (Lipinski definition) is 2. The van der Waals surface area contributed by atoms with Crippen molar-refractivity contribution in [3.8, 4) is 0 Å². The van der Waals surface area contributed by atoms with Gasteiger partial charge >= 0.3 is 0 Å². The van der Waals surface area contributed by atoms with Gasteiger partial charge in [0.2, 0.25) is 0 Å². The Morgan fingerprint density at radius 2 is 2.46 bits per heavy atom. The first kappa shape index (κ1) is 9.22. The Morgan fingerprint density at radius 3 is 3.08 bits per heavy atom. The van der Waals surface area contributed by atoms with E-state index in [0.717, 1.165) is 5.92 Å². The lowest BCUT2D eigenvalue weighted by molar-refractivity contribution is 0.518. The summed E-state index contributed by atoms with van der Waals surface area (Å²) in [6.07, 6.45) is 2.54. The van der Waals surface area contributed by atoms with Gasteiger partial charge in [0, 0.05) is 18.0 Å². The first-order valence-corrected chi connectivity index (χ1v) is 6.03. The van der Waals surface area contributed by atoms with Gasteiger partial charge in [0.25, 0.3) is 0 Å². The molecule has 0 aliphatic carbocycles. The highest BCUT2D eigenvalue weighted by Gasteiger charge is 2.30. The third-order valence-corrected chi connectivity index (χ3v) is 3.70. The van der Waals surface area contributed by atoms with Crippen molar-refractivity contribution >= 4 is 11.3 Å². The fourth-order valence-corrected chi connectivity index (χ4v) is 3.08. The maximum Gasteiger partial charge on any atom is 0.0136 e. The SMILES string of the molecule is CCC1NC(C)CC1c1ccsc1. The molecule has 13 heavy (non-hydrogen) atoms. The molecule has 1 aliphatic heterocycles. The van der Waals surface area contributed by atoms with Crippen molar-refractivity contribution in [1.82, 2.24) is 5.32 Å². The number of hydrogen-bond donors (Lipinski definition) is 1. The Hall–Kier alpha value is -0.340. The fraction of sp³-hybridized carbons (Fsp3) is 0.636. The predicted molar refractivity (Wildman–Crippen MR) is 58.4 cm³/mol. The molecule has 0 amide bonds. The monoisotopic (exact) mass is 195 g/mol. The van der Waals surface area contributed by atoms with Crippen LogP contribution in [0.2, 0.25) is 0 Å². The number of rotatable bonds is 2. The smallest absolute Gasteiger partial charge is 0.0136 e. The first-order valence-electron chi connectivity index (χ1n) is 5.09. The van der Waals surface area contributed by atoms with Crippen LogP contribution in [0, 0.1) is 0 Å². The zero-order valence-electron chi connectivity index (χ0n) is 8.29. The Labute approximate surface area is 84.2 Å². The second kappa shape index (κ2) is 3.81. The summed E-state index contributed by atoms with van der Waals surface area (Å²) in [5, 5.41) is 8.13. The van der Waals surface area contributed by atoms with Crippen molar-refractivity contribution in [2.24, 2.45) is 0 Å². The third-order valence-electron chi connectivity index (χ3n) is 3.00. The standard InChI is InChI=1S/C11H17NS/c1-3-11-10(6-8(2)12-11)9-4-5-13-7-9/h4-5,7-8,10-12H,3,6H2,1-2H3. The zero-order chi connectivity index (χ0) is 9.26. The predicted octanol–water partition coefficient (Wildman–Crippen LogP) is 2.99. The van der Waals surface area contributed by atoms with Crippen LogP contribution in [0.5, 0.6) is 0 Å². The lowest BCUT2D eigenvalue weighted by atomic mass is 9.92. The maximum atomic E-state index is 3.65. The van der Waals surface area contributed by atoms with E-state index in [4.69, 9.17) is 0 Å². The van der Waals surface area contributed by atoms with E-state index in [1.54, 1.807) is 0 Å². The highest BCUT2D eigenvalue weighted by Crippen LogP contribution is 2.33. The second-order valence-corrected chi connectivity index (χ2v) is 4.76. The number of nitrogens with one attached hydrogen (secondary N) is 1. The van der Waals surface area contributed by atoms with Crippen molar-refractivity contribution < 1.29 is 0 Å². The van der Waals surface area contributed by atoms with Crippen LogP contribution >= 0.6 is 11.3 Å². The molecule has 0 saturated carbocycles. The van der Waals surface area contributed by atoms with E-state index in [1.807, 2.05) is 11.3 Å². The molecular weight excluding hydrogens is 178 g/mol. The van der Waals surface area contributed by atoms with Gasteiger partial charge < -0.3 is 5.32 Å². The molecule has 2 heterocycles. The zero-order valence-corrected chi connectivity index (χ0v) is 9.10. The molecule has 1 N–H and O–H groups in total. The Morgan fingerprint density at radius 1 is 1.62 bits per heavy atom. The van der Waals surface area contributed by atoms with E-state index in [2.05, 4.69) is 36.0 Å². The molecule has 3 atom stereocenters. The minimum Gasteiger partial charge on any atom is -0.311 e. The van der Waals surface area contributed by atoms with Crippen molar-refractivity contribution in [2.45, 2.75) is 44.7 Å². The highest BCUT2D eigenvalue weighted by atomic mass is 32.1. The van der Waals surface area contributed by atoms with E-state index in [9.17, 15) is 0 Å². The molecule has 0 bridgehead atoms. The molecule has 1 aromatic rings. The normalized spacial score (nSPS) is 33.8. The molecule has 1 aromatic heterocycles. The summed E-state index contributed by atoms with van der Waals surface area (Å²) in [6, 6.07) is 3.66. The van der Waals surface area contributed by atoms with Crippen molar-refractivity contribution in [3.63, 3.8) is 0 Å². The van der Waals surface area contributed by atoms with E-state index in [-0.39, 0.29) is 0 Å². The van der Waals surface area contributed by atoms with Crippen LogP contribution in [0.4, 0.5) is 0 Å². The molecular formula is C11H17NS. The van der Waals surface area contributed by atoms with Crippen molar-refractivity contribution in [2.75, 3.05) is 0 Å². The van der Waals surface area contributed by atoms with E-state index < -0.39 is 0 Å². The molecule has 2 heteroatoms. The van der Waals surface area contributed by atoms with Gasteiger partial charge in [-0.25, -0.2) is 0 Å². The van der Waals surface area contributed by atoms with Gasteiger partial charge in [0.15, 0.2) is 0 Å². The van der Waals surface area contributed by atoms with Gasteiger partial charge in [-0.3, -0.25) is 0 Å². The molecule has 0 spiro atoms. The molecule has 1 fully saturated rings. The Bertz CT molecular complexity index is 255. The summed E-state index contributed by atoms with van der Waals surface area (Å²) in [5.74, 6) is 0.756. The summed E-state index contributed by atoms with van der Waals surface area (Å²) in [6.45, 7) is 4.56. The van der Waals surface area contributed by atoms with E-state index >= 15 is 0 Å². The topological polar surface area (TPSA) is 12.0 Å². The Kier molecular flexibility index (Phi) is 2.70. The molecule has 1 nitrogen and oxygen atoms in total. The summed E-state index contributed by atoms with van der Waals surface area (Å²) < 4.78 is 0. The second-order valence-electron chi connectivity index (χ2n) is 3.98. The lowest BCUT2D eigenvalue weighted by Crippen LogP contribution is -2.28. The summed E-state index contributed by atoms with van der Waals surface area (Å²) in [7, 11) is 0. The summed E-state index contributed by atoms with van der Waals surface area (Å²) in [4.78, 5) is 0. The average molecular weight is 195 g/mol. The van der Waals surface area contributed by atoms with Crippen LogP contribution in [-0.4, -0.2) is 12.1 Å². The molecule has 0 aromatic carbocycles. The van der Waals surface area contributed by atoms with Gasteiger partial charge in [-0.05, 0) is 42.2 Å². The van der Waals surface area contributed by atoms with Gasteiger partial charge in [-0.2, -0.15) is 11.3 Å². The average Bonchev–Trinajstić information content (AvgIpc) is 2.71. The van der Waals surface area contributed by atoms with Crippen LogP contribution in [0.15, 0.2) is 16.8 Å². The largest absolute Gasteiger partial charge is 0.311 e. The molecule has 1 saturated heterocycles. The molecule has 1 aliphatic rings. The van der Waals surface area contributed by atoms with Gasteiger partial charge in [0.1, 0.15) is 0 Å². The molecule has 2 rings (SSSR count). The minimum absolute atomic E-state index is 0.690. The van der Waals surface area contributed by atoms with Crippen molar-refractivity contribution in [1.29, 1.82) is 0 Å². The summed E-state index contributed by atoms with van der Waals surface area (Å²) >= 11 is 1.81.